The molecule has 1 rings (SSSR count). The summed E-state index contributed by atoms with van der Waals surface area (Å²) < 4.78 is 5.06. The smallest absolute Gasteiger partial charge is 0.160 e. The van der Waals surface area contributed by atoms with Crippen molar-refractivity contribution in [3.63, 3.8) is 0 Å². The van der Waals surface area contributed by atoms with Crippen LogP contribution in [0.4, 0.5) is 0 Å². The fourth-order valence-corrected chi connectivity index (χ4v) is 2.81. The zero-order chi connectivity index (χ0) is 15.8. The monoisotopic (exact) mass is 294 g/mol. The maximum atomic E-state index is 9.79. The van der Waals surface area contributed by atoms with Crippen molar-refractivity contribution in [1.29, 1.82) is 0 Å². The van der Waals surface area contributed by atoms with Gasteiger partial charge in [0.25, 0.3) is 0 Å². The van der Waals surface area contributed by atoms with Gasteiger partial charge >= 0.3 is 0 Å². The van der Waals surface area contributed by atoms with E-state index in [9.17, 15) is 5.11 Å². The van der Waals surface area contributed by atoms with Gasteiger partial charge in [-0.1, -0.05) is 32.8 Å². The Balaban J connectivity index is 2.56. The van der Waals surface area contributed by atoms with Crippen molar-refractivity contribution in [2.75, 3.05) is 27.7 Å². The molecule has 1 aromatic carbocycles. The van der Waals surface area contributed by atoms with Crippen LogP contribution >= 0.6 is 0 Å². The van der Waals surface area contributed by atoms with Crippen LogP contribution in [0.2, 0.25) is 0 Å². The van der Waals surface area contributed by atoms with Crippen molar-refractivity contribution in [2.24, 2.45) is 5.92 Å². The second-order valence-corrected chi connectivity index (χ2v) is 5.74. The molecule has 1 unspecified atom stereocenters. The number of ether oxygens (including phenoxy) is 1. The Labute approximate surface area is 129 Å². The molecule has 4 heteroatoms. The van der Waals surface area contributed by atoms with E-state index in [1.54, 1.807) is 19.2 Å². The van der Waals surface area contributed by atoms with E-state index in [0.717, 1.165) is 18.7 Å². The quantitative estimate of drug-likeness (QED) is 0.735. The second kappa shape index (κ2) is 8.90. The van der Waals surface area contributed by atoms with Crippen molar-refractivity contribution in [3.8, 4) is 11.5 Å². The van der Waals surface area contributed by atoms with Crippen molar-refractivity contribution < 1.29 is 9.84 Å². The lowest BCUT2D eigenvalue weighted by atomic mass is 9.93. The molecule has 0 heterocycles. The fourth-order valence-electron chi connectivity index (χ4n) is 2.81. The SMILES string of the molecule is CCC(CC)C(CNCc1ccc(OC)c(O)c1)N(C)C. The number of nitrogens with one attached hydrogen (secondary N) is 1. The van der Waals surface area contributed by atoms with Crippen molar-refractivity contribution >= 4 is 0 Å². The lowest BCUT2D eigenvalue weighted by Gasteiger charge is -2.31. The minimum absolute atomic E-state index is 0.195. The van der Waals surface area contributed by atoms with E-state index in [1.165, 1.54) is 12.8 Å². The summed E-state index contributed by atoms with van der Waals surface area (Å²) in [6, 6.07) is 6.07. The topological polar surface area (TPSA) is 44.7 Å². The second-order valence-electron chi connectivity index (χ2n) is 5.74. The molecule has 0 saturated heterocycles. The van der Waals surface area contributed by atoms with E-state index in [2.05, 4.69) is 38.2 Å². The maximum absolute atomic E-state index is 9.79. The third kappa shape index (κ3) is 5.21. The standard InChI is InChI=1S/C17H30N2O2/c1-6-14(7-2)15(19(3)4)12-18-11-13-8-9-17(21-5)16(20)10-13/h8-10,14-15,18,20H,6-7,11-12H2,1-5H3. The first kappa shape index (κ1) is 17.8. The minimum Gasteiger partial charge on any atom is -0.504 e. The molecule has 1 aromatic rings. The summed E-state index contributed by atoms with van der Waals surface area (Å²) in [4.78, 5) is 2.30. The lowest BCUT2D eigenvalue weighted by molar-refractivity contribution is 0.194. The van der Waals surface area contributed by atoms with Gasteiger partial charge in [-0.25, -0.2) is 0 Å². The van der Waals surface area contributed by atoms with Gasteiger partial charge in [0.05, 0.1) is 7.11 Å². The van der Waals surface area contributed by atoms with Crippen LogP contribution in [-0.2, 0) is 6.54 Å². The lowest BCUT2D eigenvalue weighted by Crippen LogP contribution is -2.42. The molecule has 0 aliphatic heterocycles. The van der Waals surface area contributed by atoms with Crippen molar-refractivity contribution in [3.05, 3.63) is 23.8 Å². The Morgan fingerprint density at radius 3 is 2.38 bits per heavy atom. The van der Waals surface area contributed by atoms with E-state index < -0.39 is 0 Å². The predicted octanol–water partition coefficient (Wildman–Crippen LogP) is 2.86. The molecule has 0 radical (unpaired) electrons. The molecule has 4 nitrogen and oxygen atoms in total. The predicted molar refractivity (Wildman–Crippen MR) is 87.9 cm³/mol. The van der Waals surface area contributed by atoms with Crippen LogP contribution in [0.3, 0.4) is 0 Å². The van der Waals surface area contributed by atoms with Gasteiger partial charge < -0.3 is 20.1 Å². The van der Waals surface area contributed by atoms with Gasteiger partial charge in [0.2, 0.25) is 0 Å². The summed E-state index contributed by atoms with van der Waals surface area (Å²) in [6.07, 6.45) is 2.40. The van der Waals surface area contributed by atoms with Crippen LogP contribution in [-0.4, -0.2) is 43.8 Å². The number of nitrogens with zero attached hydrogens (tertiary/aromatic N) is 1. The molecule has 0 fully saturated rings. The zero-order valence-electron chi connectivity index (χ0n) is 14.0. The van der Waals surface area contributed by atoms with Crippen LogP contribution in [0, 0.1) is 5.92 Å². The third-order valence-corrected chi connectivity index (χ3v) is 4.18. The molecule has 0 spiro atoms. The van der Waals surface area contributed by atoms with E-state index in [4.69, 9.17) is 4.74 Å². The Morgan fingerprint density at radius 2 is 1.90 bits per heavy atom. The molecule has 0 aliphatic rings. The molecule has 0 saturated carbocycles. The van der Waals surface area contributed by atoms with E-state index in [0.29, 0.717) is 17.7 Å². The summed E-state index contributed by atoms with van der Waals surface area (Å²) in [5.41, 5.74) is 1.07. The Bertz CT molecular complexity index is 417. The summed E-state index contributed by atoms with van der Waals surface area (Å²) in [7, 11) is 5.85. The van der Waals surface area contributed by atoms with Gasteiger partial charge in [-0.15, -0.1) is 0 Å². The van der Waals surface area contributed by atoms with Crippen LogP contribution in [0.15, 0.2) is 18.2 Å². The highest BCUT2D eigenvalue weighted by Gasteiger charge is 2.19. The first-order valence-electron chi connectivity index (χ1n) is 7.76. The van der Waals surface area contributed by atoms with E-state index in [1.807, 2.05) is 6.07 Å². The first-order valence-corrected chi connectivity index (χ1v) is 7.76. The number of benzene rings is 1. The number of phenolic OH excluding ortho intramolecular Hbond substituents is 1. The number of methoxy groups -OCH3 is 1. The van der Waals surface area contributed by atoms with Gasteiger partial charge in [0.15, 0.2) is 11.5 Å². The molecule has 0 bridgehead atoms. The third-order valence-electron chi connectivity index (χ3n) is 4.18. The maximum Gasteiger partial charge on any atom is 0.160 e. The van der Waals surface area contributed by atoms with Crippen LogP contribution in [0.1, 0.15) is 32.3 Å². The van der Waals surface area contributed by atoms with E-state index in [-0.39, 0.29) is 5.75 Å². The number of aromatic hydroxyl groups is 1. The summed E-state index contributed by atoms with van der Waals surface area (Å²) in [5, 5.41) is 13.3. The van der Waals surface area contributed by atoms with Gasteiger partial charge in [0, 0.05) is 19.1 Å². The van der Waals surface area contributed by atoms with Crippen molar-refractivity contribution in [2.45, 2.75) is 39.3 Å². The molecule has 0 amide bonds. The number of hydrogen-bond donors (Lipinski definition) is 2. The minimum atomic E-state index is 0.195. The fraction of sp³-hybridized carbons (Fsp3) is 0.647. The molecule has 2 N–H and O–H groups in total. The van der Waals surface area contributed by atoms with Crippen LogP contribution in [0.5, 0.6) is 11.5 Å². The van der Waals surface area contributed by atoms with Gasteiger partial charge in [0.1, 0.15) is 0 Å². The number of phenols is 1. The first-order chi connectivity index (χ1) is 10.0. The van der Waals surface area contributed by atoms with Crippen LogP contribution in [0.25, 0.3) is 0 Å². The molecule has 0 aliphatic carbocycles. The summed E-state index contributed by atoms with van der Waals surface area (Å²) >= 11 is 0. The molecule has 120 valence electrons. The van der Waals surface area contributed by atoms with Gasteiger partial charge in [-0.05, 0) is 37.7 Å². The molecule has 21 heavy (non-hydrogen) atoms. The molecular formula is C17H30N2O2. The zero-order valence-corrected chi connectivity index (χ0v) is 14.0. The normalized spacial score (nSPS) is 12.9. The largest absolute Gasteiger partial charge is 0.504 e. The Morgan fingerprint density at radius 1 is 1.24 bits per heavy atom. The Hall–Kier alpha value is -1.26. The van der Waals surface area contributed by atoms with Crippen molar-refractivity contribution in [1.82, 2.24) is 10.2 Å². The Kier molecular flexibility index (Phi) is 7.54. The highest BCUT2D eigenvalue weighted by Crippen LogP contribution is 2.26. The molecular weight excluding hydrogens is 264 g/mol. The number of likely N-dealkylation sites (N-methyl/N-ethyl adjacent to an activating group) is 1. The highest BCUT2D eigenvalue weighted by molar-refractivity contribution is 5.41. The average molecular weight is 294 g/mol. The summed E-state index contributed by atoms with van der Waals surface area (Å²) in [6.45, 7) is 6.21. The van der Waals surface area contributed by atoms with E-state index >= 15 is 0 Å². The number of hydrogen-bond acceptors (Lipinski definition) is 4. The summed E-state index contributed by atoms with van der Waals surface area (Å²) in [5.74, 6) is 1.42. The average Bonchev–Trinajstić information content (AvgIpc) is 2.46. The highest BCUT2D eigenvalue weighted by atomic mass is 16.5. The van der Waals surface area contributed by atoms with Gasteiger partial charge in [-0.3, -0.25) is 0 Å². The molecule has 0 aromatic heterocycles. The van der Waals surface area contributed by atoms with Crippen LogP contribution < -0.4 is 10.1 Å². The van der Waals surface area contributed by atoms with Gasteiger partial charge in [-0.2, -0.15) is 0 Å². The number of rotatable bonds is 9. The molecule has 1 atom stereocenters.